The van der Waals surface area contributed by atoms with Crippen molar-refractivity contribution in [3.63, 3.8) is 0 Å². The topological polar surface area (TPSA) is 81.2 Å². The summed E-state index contributed by atoms with van der Waals surface area (Å²) in [4.78, 5) is 19.4. The second-order valence-corrected chi connectivity index (χ2v) is 6.56. The number of ether oxygens (including phenoxy) is 1. The Labute approximate surface area is 116 Å². The third-order valence-corrected chi connectivity index (χ3v) is 2.89. The molecule has 1 N–H and O–H groups in total. The number of rotatable bonds is 2. The number of nitrogens with one attached hydrogen (secondary N) is 1. The molecule has 0 bridgehead atoms. The van der Waals surface area contributed by atoms with Crippen LogP contribution in [-0.4, -0.2) is 32.1 Å². The van der Waals surface area contributed by atoms with Gasteiger partial charge in [-0.25, -0.2) is 14.8 Å². The molecule has 18 heavy (non-hydrogen) atoms. The zero-order chi connectivity index (χ0) is 13.9. The van der Waals surface area contributed by atoms with Gasteiger partial charge in [-0.1, -0.05) is 0 Å². The molecule has 0 spiro atoms. The first-order valence-electron chi connectivity index (χ1n) is 5.05. The van der Waals surface area contributed by atoms with Crippen LogP contribution in [0.15, 0.2) is 15.8 Å². The molecule has 1 amide bonds. The molecular weight excluding hydrogens is 322 g/mol. The highest BCUT2D eigenvalue weighted by atomic mass is 79.9. The van der Waals surface area contributed by atoms with Crippen LogP contribution in [0.1, 0.15) is 20.8 Å². The summed E-state index contributed by atoms with van der Waals surface area (Å²) < 4.78 is 16.8. The lowest BCUT2D eigenvalue weighted by molar-refractivity contribution is 0.0635. The Bertz CT molecular complexity index is 488. The molecule has 0 saturated carbocycles. The van der Waals surface area contributed by atoms with Gasteiger partial charge in [-0.05, 0) is 36.7 Å². The number of halogens is 1. The van der Waals surface area contributed by atoms with Gasteiger partial charge in [0.15, 0.2) is 5.82 Å². The van der Waals surface area contributed by atoms with Crippen molar-refractivity contribution in [2.45, 2.75) is 31.5 Å². The third kappa shape index (κ3) is 4.69. The van der Waals surface area contributed by atoms with E-state index in [2.05, 4.69) is 31.2 Å². The Morgan fingerprint density at radius 2 is 2.11 bits per heavy atom. The Balaban J connectivity index is 2.87. The molecule has 0 aromatic carbocycles. The number of hydrogen-bond acceptors (Lipinski definition) is 5. The van der Waals surface area contributed by atoms with E-state index in [0.29, 0.717) is 4.47 Å². The van der Waals surface area contributed by atoms with Gasteiger partial charge < -0.3 is 4.74 Å². The predicted molar refractivity (Wildman–Crippen MR) is 71.9 cm³/mol. The average Bonchev–Trinajstić information content (AvgIpc) is 2.18. The molecule has 100 valence electrons. The number of anilines is 1. The minimum Gasteiger partial charge on any atom is -0.444 e. The highest BCUT2D eigenvalue weighted by Gasteiger charge is 2.18. The molecule has 0 aliphatic heterocycles. The van der Waals surface area contributed by atoms with Gasteiger partial charge in [0.05, 0.1) is 15.3 Å². The molecule has 1 aromatic heterocycles. The summed E-state index contributed by atoms with van der Waals surface area (Å²) in [6.07, 6.45) is 2.26. The van der Waals surface area contributed by atoms with Gasteiger partial charge in [-0.3, -0.25) is 9.53 Å². The molecule has 0 aliphatic rings. The summed E-state index contributed by atoms with van der Waals surface area (Å²) in [5, 5.41) is 2.61. The standard InChI is InChI=1S/C10H14BrN3O3S/c1-10(2,3)17-9(15)14-7-6(11)5-12-8(13-7)18(4)16/h5H,1-4H3,(H,12,13,14,15). The van der Waals surface area contributed by atoms with E-state index in [1.165, 1.54) is 12.5 Å². The molecule has 0 radical (unpaired) electrons. The Morgan fingerprint density at radius 1 is 1.50 bits per heavy atom. The molecule has 8 heteroatoms. The first kappa shape index (κ1) is 15.0. The normalized spacial score (nSPS) is 12.9. The van der Waals surface area contributed by atoms with Crippen molar-refractivity contribution in [2.75, 3.05) is 11.6 Å². The van der Waals surface area contributed by atoms with Gasteiger partial charge in [0.1, 0.15) is 5.60 Å². The minimum atomic E-state index is -1.32. The highest BCUT2D eigenvalue weighted by Crippen LogP contribution is 2.20. The van der Waals surface area contributed by atoms with Crippen molar-refractivity contribution in [2.24, 2.45) is 0 Å². The van der Waals surface area contributed by atoms with Crippen molar-refractivity contribution >= 4 is 38.6 Å². The van der Waals surface area contributed by atoms with Gasteiger partial charge in [0, 0.05) is 12.5 Å². The van der Waals surface area contributed by atoms with E-state index in [9.17, 15) is 9.00 Å². The molecular formula is C10H14BrN3O3S. The van der Waals surface area contributed by atoms with Crippen LogP contribution in [0.4, 0.5) is 10.6 Å². The number of hydrogen-bond donors (Lipinski definition) is 1. The highest BCUT2D eigenvalue weighted by molar-refractivity contribution is 9.10. The summed E-state index contributed by atoms with van der Waals surface area (Å²) in [6.45, 7) is 5.27. The predicted octanol–water partition coefficient (Wildman–Crippen LogP) is 2.32. The maximum Gasteiger partial charge on any atom is 0.413 e. The van der Waals surface area contributed by atoms with E-state index < -0.39 is 22.5 Å². The van der Waals surface area contributed by atoms with Crippen molar-refractivity contribution in [1.82, 2.24) is 9.97 Å². The van der Waals surface area contributed by atoms with E-state index in [1.807, 2.05) is 0 Å². The van der Waals surface area contributed by atoms with E-state index in [4.69, 9.17) is 4.74 Å². The molecule has 1 rings (SSSR count). The van der Waals surface area contributed by atoms with E-state index in [1.54, 1.807) is 20.8 Å². The monoisotopic (exact) mass is 335 g/mol. The summed E-state index contributed by atoms with van der Waals surface area (Å²) in [6, 6.07) is 0. The van der Waals surface area contributed by atoms with Crippen LogP contribution < -0.4 is 5.32 Å². The lowest BCUT2D eigenvalue weighted by Gasteiger charge is -2.19. The van der Waals surface area contributed by atoms with E-state index >= 15 is 0 Å². The first-order chi connectivity index (χ1) is 8.19. The Hall–Kier alpha value is -1.02. The lowest BCUT2D eigenvalue weighted by atomic mass is 10.2. The van der Waals surface area contributed by atoms with Crippen LogP contribution in [0.3, 0.4) is 0 Å². The van der Waals surface area contributed by atoms with Crippen molar-refractivity contribution < 1.29 is 13.7 Å². The molecule has 1 atom stereocenters. The van der Waals surface area contributed by atoms with Gasteiger partial charge in [0.25, 0.3) is 0 Å². The summed E-state index contributed by atoms with van der Waals surface area (Å²) >= 11 is 3.19. The molecule has 1 aromatic rings. The molecule has 0 saturated heterocycles. The number of amides is 1. The Morgan fingerprint density at radius 3 is 2.61 bits per heavy atom. The van der Waals surface area contributed by atoms with Crippen LogP contribution in [0, 0.1) is 0 Å². The number of aromatic nitrogens is 2. The van der Waals surface area contributed by atoms with E-state index in [0.717, 1.165) is 0 Å². The molecule has 0 aliphatic carbocycles. The van der Waals surface area contributed by atoms with Crippen molar-refractivity contribution in [3.8, 4) is 0 Å². The fraction of sp³-hybridized carbons (Fsp3) is 0.500. The first-order valence-corrected chi connectivity index (χ1v) is 7.40. The van der Waals surface area contributed by atoms with Gasteiger partial charge in [-0.15, -0.1) is 0 Å². The minimum absolute atomic E-state index is 0.143. The van der Waals surface area contributed by atoms with Gasteiger partial charge in [-0.2, -0.15) is 0 Å². The van der Waals surface area contributed by atoms with Crippen molar-refractivity contribution in [1.29, 1.82) is 0 Å². The number of carbonyl (C=O) groups excluding carboxylic acids is 1. The van der Waals surface area contributed by atoms with Crippen LogP contribution in [-0.2, 0) is 15.5 Å². The van der Waals surface area contributed by atoms with Crippen LogP contribution in [0.5, 0.6) is 0 Å². The second-order valence-electron chi connectivity index (χ2n) is 4.43. The number of carbonyl (C=O) groups is 1. The van der Waals surface area contributed by atoms with E-state index in [-0.39, 0.29) is 11.0 Å². The smallest absolute Gasteiger partial charge is 0.413 e. The van der Waals surface area contributed by atoms with Crippen LogP contribution >= 0.6 is 15.9 Å². The fourth-order valence-electron chi connectivity index (χ4n) is 0.977. The SMILES string of the molecule is CS(=O)c1ncc(Br)c(NC(=O)OC(C)(C)C)n1. The molecule has 1 unspecified atom stereocenters. The zero-order valence-electron chi connectivity index (χ0n) is 10.5. The average molecular weight is 336 g/mol. The van der Waals surface area contributed by atoms with Gasteiger partial charge in [0.2, 0.25) is 5.16 Å². The summed E-state index contributed by atoms with van der Waals surface area (Å²) in [7, 11) is -1.32. The number of nitrogens with zero attached hydrogens (tertiary/aromatic N) is 2. The third-order valence-electron chi connectivity index (χ3n) is 1.60. The largest absolute Gasteiger partial charge is 0.444 e. The van der Waals surface area contributed by atoms with Crippen LogP contribution in [0.25, 0.3) is 0 Å². The van der Waals surface area contributed by atoms with Crippen LogP contribution in [0.2, 0.25) is 0 Å². The molecule has 1 heterocycles. The summed E-state index contributed by atoms with van der Waals surface area (Å²) in [5.41, 5.74) is -0.597. The molecule has 0 fully saturated rings. The van der Waals surface area contributed by atoms with Crippen molar-refractivity contribution in [3.05, 3.63) is 10.7 Å². The maximum atomic E-state index is 11.6. The van der Waals surface area contributed by atoms with Gasteiger partial charge >= 0.3 is 6.09 Å². The quantitative estimate of drug-likeness (QED) is 0.839. The summed E-state index contributed by atoms with van der Waals surface area (Å²) in [5.74, 6) is 0.226. The zero-order valence-corrected chi connectivity index (χ0v) is 12.9. The molecule has 6 nitrogen and oxygen atoms in total. The lowest BCUT2D eigenvalue weighted by Crippen LogP contribution is -2.27. The maximum absolute atomic E-state index is 11.6. The second kappa shape index (κ2) is 5.75. The fourth-order valence-corrected chi connectivity index (χ4v) is 1.69. The Kier molecular flexibility index (Phi) is 4.80.